The molecule has 1 aliphatic heterocycles. The molecule has 0 radical (unpaired) electrons. The largest absolute Gasteiger partial charge is 0.497 e. The number of piperazine rings is 1. The molecule has 0 saturated carbocycles. The quantitative estimate of drug-likeness (QED) is 0.699. The lowest BCUT2D eigenvalue weighted by molar-refractivity contribution is -0.132. The second kappa shape index (κ2) is 9.80. The maximum atomic E-state index is 13.2. The minimum atomic E-state index is -0.486. The van der Waals surface area contributed by atoms with Crippen LogP contribution in [0.3, 0.4) is 0 Å². The third-order valence-electron chi connectivity index (χ3n) is 5.18. The zero-order valence-electron chi connectivity index (χ0n) is 17.0. The zero-order chi connectivity index (χ0) is 21.7. The van der Waals surface area contributed by atoms with Crippen LogP contribution >= 0.6 is 11.6 Å². The molecule has 0 atom stereocenters. The van der Waals surface area contributed by atoms with E-state index in [1.54, 1.807) is 24.0 Å². The lowest BCUT2D eigenvalue weighted by Gasteiger charge is -2.35. The van der Waals surface area contributed by atoms with Crippen molar-refractivity contribution in [3.63, 3.8) is 0 Å². The molecule has 1 heterocycles. The summed E-state index contributed by atoms with van der Waals surface area (Å²) in [5.41, 5.74) is 1.17. The molecule has 0 spiro atoms. The Kier molecular flexibility index (Phi) is 7.15. The third-order valence-corrected chi connectivity index (χ3v) is 5.49. The van der Waals surface area contributed by atoms with E-state index in [1.165, 1.54) is 12.1 Å². The molecule has 6 nitrogen and oxygen atoms in total. The third kappa shape index (κ3) is 5.02. The first-order valence-electron chi connectivity index (χ1n) is 9.66. The summed E-state index contributed by atoms with van der Waals surface area (Å²) in [5.74, 6) is 0.708. The number of halogens is 2. The molecule has 160 valence electrons. The Morgan fingerprint density at radius 2 is 1.70 bits per heavy atom. The van der Waals surface area contributed by atoms with E-state index in [4.69, 9.17) is 21.1 Å². The monoisotopic (exact) mass is 434 g/mol. The standard InChI is InChI=1S/C22H24ClFN2O4/c1-29-17-5-7-20(30-2)15(13-17)3-8-21(27)25-9-11-26(12-10-25)22(28)18-6-4-16(24)14-19(18)23/h4-7,13-14H,3,8-12H2,1-2H3. The molecular formula is C22H24ClFN2O4. The van der Waals surface area contributed by atoms with Crippen molar-refractivity contribution < 1.29 is 23.5 Å². The van der Waals surface area contributed by atoms with Gasteiger partial charge in [-0.25, -0.2) is 4.39 Å². The SMILES string of the molecule is COc1ccc(OC)c(CCC(=O)N2CCN(C(=O)c3ccc(F)cc3Cl)CC2)c1. The summed E-state index contributed by atoms with van der Waals surface area (Å²) in [4.78, 5) is 28.7. The zero-order valence-corrected chi connectivity index (χ0v) is 17.7. The van der Waals surface area contributed by atoms with Crippen molar-refractivity contribution in [2.24, 2.45) is 0 Å². The lowest BCUT2D eigenvalue weighted by Crippen LogP contribution is -2.50. The van der Waals surface area contributed by atoms with Crippen molar-refractivity contribution >= 4 is 23.4 Å². The van der Waals surface area contributed by atoms with E-state index in [0.717, 1.165) is 17.4 Å². The maximum absolute atomic E-state index is 13.2. The molecule has 1 fully saturated rings. The summed E-state index contributed by atoms with van der Waals surface area (Å²) in [6.45, 7) is 1.69. The van der Waals surface area contributed by atoms with Gasteiger partial charge in [-0.3, -0.25) is 9.59 Å². The molecule has 0 aromatic heterocycles. The van der Waals surface area contributed by atoms with Crippen molar-refractivity contribution in [2.45, 2.75) is 12.8 Å². The fraction of sp³-hybridized carbons (Fsp3) is 0.364. The van der Waals surface area contributed by atoms with Crippen LogP contribution in [-0.2, 0) is 11.2 Å². The van der Waals surface area contributed by atoms with Crippen LogP contribution in [0.1, 0.15) is 22.3 Å². The first-order valence-corrected chi connectivity index (χ1v) is 10.0. The first kappa shape index (κ1) is 21.9. The van der Waals surface area contributed by atoms with Crippen LogP contribution in [0.2, 0.25) is 5.02 Å². The molecule has 2 amide bonds. The van der Waals surface area contributed by atoms with Gasteiger partial charge < -0.3 is 19.3 Å². The minimum absolute atomic E-state index is 0.0202. The normalized spacial score (nSPS) is 13.9. The summed E-state index contributed by atoms with van der Waals surface area (Å²) >= 11 is 6.00. The van der Waals surface area contributed by atoms with Crippen LogP contribution in [0.5, 0.6) is 11.5 Å². The summed E-state index contributed by atoms with van der Waals surface area (Å²) in [6.07, 6.45) is 0.866. The number of benzene rings is 2. The van der Waals surface area contributed by atoms with Gasteiger partial charge in [-0.1, -0.05) is 11.6 Å². The van der Waals surface area contributed by atoms with E-state index in [2.05, 4.69) is 0 Å². The highest BCUT2D eigenvalue weighted by molar-refractivity contribution is 6.33. The maximum Gasteiger partial charge on any atom is 0.255 e. The van der Waals surface area contributed by atoms with Crippen molar-refractivity contribution in [2.75, 3.05) is 40.4 Å². The molecule has 30 heavy (non-hydrogen) atoms. The van der Waals surface area contributed by atoms with Gasteiger partial charge in [-0.05, 0) is 48.4 Å². The topological polar surface area (TPSA) is 59.1 Å². The fourth-order valence-electron chi connectivity index (χ4n) is 3.47. The molecule has 0 bridgehead atoms. The van der Waals surface area contributed by atoms with Gasteiger partial charge >= 0.3 is 0 Å². The van der Waals surface area contributed by atoms with Crippen LogP contribution in [0.25, 0.3) is 0 Å². The van der Waals surface area contributed by atoms with Crippen molar-refractivity contribution in [3.8, 4) is 11.5 Å². The average Bonchev–Trinajstić information content (AvgIpc) is 2.77. The predicted octanol–water partition coefficient (Wildman–Crippen LogP) is 3.41. The van der Waals surface area contributed by atoms with Gasteiger partial charge in [-0.15, -0.1) is 0 Å². The highest BCUT2D eigenvalue weighted by Crippen LogP contribution is 2.25. The van der Waals surface area contributed by atoms with E-state index < -0.39 is 5.82 Å². The number of carbonyl (C=O) groups is 2. The van der Waals surface area contributed by atoms with Gasteiger partial charge in [0.05, 0.1) is 24.8 Å². The highest BCUT2D eigenvalue weighted by atomic mass is 35.5. The Morgan fingerprint density at radius 1 is 1.00 bits per heavy atom. The van der Waals surface area contributed by atoms with Gasteiger partial charge in [0.25, 0.3) is 5.91 Å². The lowest BCUT2D eigenvalue weighted by atomic mass is 10.1. The smallest absolute Gasteiger partial charge is 0.255 e. The number of rotatable bonds is 6. The highest BCUT2D eigenvalue weighted by Gasteiger charge is 2.26. The summed E-state index contributed by atoms with van der Waals surface area (Å²) < 4.78 is 23.8. The number of hydrogen-bond donors (Lipinski definition) is 0. The fourth-order valence-corrected chi connectivity index (χ4v) is 3.72. The van der Waals surface area contributed by atoms with Crippen LogP contribution < -0.4 is 9.47 Å². The summed E-state index contributed by atoms with van der Waals surface area (Å²) in [7, 11) is 3.19. The molecule has 0 unspecified atom stereocenters. The average molecular weight is 435 g/mol. The molecule has 2 aromatic rings. The van der Waals surface area contributed by atoms with Gasteiger partial charge in [0.15, 0.2) is 0 Å². The van der Waals surface area contributed by atoms with E-state index >= 15 is 0 Å². The summed E-state index contributed by atoms with van der Waals surface area (Å²) in [6, 6.07) is 9.23. The number of ether oxygens (including phenoxy) is 2. The molecule has 3 rings (SSSR count). The second-order valence-corrected chi connectivity index (χ2v) is 7.38. The van der Waals surface area contributed by atoms with Gasteiger partial charge in [0.2, 0.25) is 5.91 Å². The van der Waals surface area contributed by atoms with Crippen molar-refractivity contribution in [3.05, 3.63) is 58.4 Å². The molecule has 1 aliphatic rings. The number of carbonyl (C=O) groups excluding carboxylic acids is 2. The number of methoxy groups -OCH3 is 2. The molecular weight excluding hydrogens is 411 g/mol. The first-order chi connectivity index (χ1) is 14.4. The van der Waals surface area contributed by atoms with Crippen molar-refractivity contribution in [1.29, 1.82) is 0 Å². The van der Waals surface area contributed by atoms with E-state index in [9.17, 15) is 14.0 Å². The van der Waals surface area contributed by atoms with Crippen LogP contribution in [0.15, 0.2) is 36.4 Å². The Morgan fingerprint density at radius 3 is 2.33 bits per heavy atom. The molecule has 1 saturated heterocycles. The molecule has 0 N–H and O–H groups in total. The molecule has 8 heteroatoms. The minimum Gasteiger partial charge on any atom is -0.497 e. The Balaban J connectivity index is 1.55. The van der Waals surface area contributed by atoms with E-state index in [-0.39, 0.29) is 22.4 Å². The Bertz CT molecular complexity index is 929. The van der Waals surface area contributed by atoms with E-state index in [0.29, 0.717) is 44.8 Å². The molecule has 0 aliphatic carbocycles. The summed E-state index contributed by atoms with van der Waals surface area (Å²) in [5, 5.41) is 0.0887. The van der Waals surface area contributed by atoms with Gasteiger partial charge in [-0.2, -0.15) is 0 Å². The predicted molar refractivity (Wildman–Crippen MR) is 112 cm³/mol. The second-order valence-electron chi connectivity index (χ2n) is 6.97. The van der Waals surface area contributed by atoms with Gasteiger partial charge in [0.1, 0.15) is 17.3 Å². The van der Waals surface area contributed by atoms with Crippen LogP contribution in [0, 0.1) is 5.82 Å². The number of nitrogens with zero attached hydrogens (tertiary/aromatic N) is 2. The Labute approximate surface area is 180 Å². The van der Waals surface area contributed by atoms with Gasteiger partial charge in [0, 0.05) is 32.6 Å². The van der Waals surface area contributed by atoms with Crippen LogP contribution in [-0.4, -0.2) is 62.0 Å². The molecule has 2 aromatic carbocycles. The van der Waals surface area contributed by atoms with E-state index in [1.807, 2.05) is 18.2 Å². The van der Waals surface area contributed by atoms with Crippen molar-refractivity contribution in [1.82, 2.24) is 9.80 Å². The number of aryl methyl sites for hydroxylation is 1. The number of hydrogen-bond acceptors (Lipinski definition) is 4. The Hall–Kier alpha value is -2.80. The van der Waals surface area contributed by atoms with Crippen LogP contribution in [0.4, 0.5) is 4.39 Å². The number of amides is 2.